The number of thiophene rings is 1. The first-order valence-electron chi connectivity index (χ1n) is 4.82. The van der Waals surface area contributed by atoms with Crippen molar-refractivity contribution in [3.05, 3.63) is 17.0 Å². The molecule has 1 heterocycles. The van der Waals surface area contributed by atoms with Gasteiger partial charge in [-0.25, -0.2) is 0 Å². The molecule has 5 nitrogen and oxygen atoms in total. The fourth-order valence-electron chi connectivity index (χ4n) is 1.03. The lowest BCUT2D eigenvalue weighted by molar-refractivity contribution is -0.114. The van der Waals surface area contributed by atoms with Gasteiger partial charge >= 0.3 is 0 Å². The molecule has 1 aromatic rings. The second-order valence-electron chi connectivity index (χ2n) is 3.40. The first kappa shape index (κ1) is 12.7. The Labute approximate surface area is 97.5 Å². The molecule has 6 heteroatoms. The summed E-state index contributed by atoms with van der Waals surface area (Å²) in [5.41, 5.74) is 0. The van der Waals surface area contributed by atoms with Crippen LogP contribution in [0.4, 0.5) is 5.00 Å². The van der Waals surface area contributed by atoms with Crippen molar-refractivity contribution in [1.82, 2.24) is 5.32 Å². The highest BCUT2D eigenvalue weighted by molar-refractivity contribution is 7.18. The fourth-order valence-corrected chi connectivity index (χ4v) is 1.90. The van der Waals surface area contributed by atoms with E-state index in [1.807, 2.05) is 0 Å². The molecule has 88 valence electrons. The molecule has 0 radical (unpaired) electrons. The Bertz CT molecular complexity index is 387. The zero-order valence-corrected chi connectivity index (χ0v) is 9.93. The summed E-state index contributed by atoms with van der Waals surface area (Å²) in [7, 11) is 0. The number of amides is 2. The highest BCUT2D eigenvalue weighted by Crippen LogP contribution is 2.21. The lowest BCUT2D eigenvalue weighted by Crippen LogP contribution is -2.29. The van der Waals surface area contributed by atoms with Gasteiger partial charge in [0, 0.05) is 13.5 Å². The highest BCUT2D eigenvalue weighted by atomic mass is 32.1. The second-order valence-corrected chi connectivity index (χ2v) is 4.49. The minimum atomic E-state index is -0.571. The predicted octanol–water partition coefficient (Wildman–Crippen LogP) is 0.817. The summed E-state index contributed by atoms with van der Waals surface area (Å²) in [6, 6.07) is 3.30. The van der Waals surface area contributed by atoms with Gasteiger partial charge in [-0.05, 0) is 19.1 Å². The van der Waals surface area contributed by atoms with Crippen molar-refractivity contribution in [1.29, 1.82) is 0 Å². The molecule has 0 aromatic carbocycles. The average Bonchev–Trinajstić information content (AvgIpc) is 2.61. The zero-order valence-electron chi connectivity index (χ0n) is 9.11. The molecule has 1 unspecified atom stereocenters. The molecule has 0 saturated heterocycles. The summed E-state index contributed by atoms with van der Waals surface area (Å²) in [5.74, 6) is -0.416. The van der Waals surface area contributed by atoms with Crippen molar-refractivity contribution in [3.8, 4) is 0 Å². The van der Waals surface area contributed by atoms with Crippen LogP contribution in [0.2, 0.25) is 0 Å². The van der Waals surface area contributed by atoms with E-state index in [2.05, 4.69) is 10.6 Å². The summed E-state index contributed by atoms with van der Waals surface area (Å²) in [6.07, 6.45) is -0.571. The van der Waals surface area contributed by atoms with Crippen LogP contribution in [0.5, 0.6) is 0 Å². The molecule has 0 spiro atoms. The Kier molecular flexibility index (Phi) is 4.45. The number of aliphatic hydroxyl groups excluding tert-OH is 1. The van der Waals surface area contributed by atoms with Crippen molar-refractivity contribution in [2.45, 2.75) is 20.0 Å². The Balaban J connectivity index is 2.56. The van der Waals surface area contributed by atoms with E-state index in [0.29, 0.717) is 9.88 Å². The number of anilines is 1. The minimum Gasteiger partial charge on any atom is -0.392 e. The van der Waals surface area contributed by atoms with Gasteiger partial charge in [-0.1, -0.05) is 0 Å². The number of hydrogen-bond donors (Lipinski definition) is 3. The maximum absolute atomic E-state index is 11.5. The number of hydrogen-bond acceptors (Lipinski definition) is 4. The topological polar surface area (TPSA) is 78.4 Å². The van der Waals surface area contributed by atoms with Crippen LogP contribution in [0.15, 0.2) is 12.1 Å². The lowest BCUT2D eigenvalue weighted by atomic mass is 10.4. The standard InChI is InChI=1S/C10H14N2O3S/c1-6(13)5-11-10(15)8-3-4-9(16-8)12-7(2)14/h3-4,6,13H,5H2,1-2H3,(H,11,15)(H,12,14). The molecule has 0 aliphatic rings. The van der Waals surface area contributed by atoms with E-state index in [4.69, 9.17) is 5.11 Å². The Morgan fingerprint density at radius 2 is 2.19 bits per heavy atom. The predicted molar refractivity (Wildman–Crippen MR) is 62.6 cm³/mol. The van der Waals surface area contributed by atoms with E-state index >= 15 is 0 Å². The van der Waals surface area contributed by atoms with E-state index in [-0.39, 0.29) is 18.4 Å². The quantitative estimate of drug-likeness (QED) is 0.731. The van der Waals surface area contributed by atoms with Crippen molar-refractivity contribution < 1.29 is 14.7 Å². The third-order valence-electron chi connectivity index (χ3n) is 1.69. The van der Waals surface area contributed by atoms with E-state index in [9.17, 15) is 9.59 Å². The third-order valence-corrected chi connectivity index (χ3v) is 2.69. The van der Waals surface area contributed by atoms with Crippen LogP contribution in [0.25, 0.3) is 0 Å². The van der Waals surface area contributed by atoms with Crippen LogP contribution in [0, 0.1) is 0 Å². The molecule has 0 fully saturated rings. The molecule has 1 aromatic heterocycles. The van der Waals surface area contributed by atoms with Crippen molar-refractivity contribution in [2.75, 3.05) is 11.9 Å². The molecule has 3 N–H and O–H groups in total. The van der Waals surface area contributed by atoms with Gasteiger partial charge in [-0.15, -0.1) is 11.3 Å². The van der Waals surface area contributed by atoms with Crippen molar-refractivity contribution in [3.63, 3.8) is 0 Å². The molecule has 1 atom stereocenters. The number of aliphatic hydroxyl groups is 1. The van der Waals surface area contributed by atoms with E-state index in [1.165, 1.54) is 18.3 Å². The van der Waals surface area contributed by atoms with Crippen molar-refractivity contribution in [2.24, 2.45) is 0 Å². The molecule has 0 saturated carbocycles. The SMILES string of the molecule is CC(=O)Nc1ccc(C(=O)NCC(C)O)s1. The van der Waals surface area contributed by atoms with Gasteiger partial charge in [-0.3, -0.25) is 9.59 Å². The van der Waals surface area contributed by atoms with Crippen LogP contribution >= 0.6 is 11.3 Å². The molecule has 0 bridgehead atoms. The Morgan fingerprint density at radius 1 is 1.50 bits per heavy atom. The second kappa shape index (κ2) is 5.62. The maximum atomic E-state index is 11.5. The van der Waals surface area contributed by atoms with Gasteiger partial charge in [0.2, 0.25) is 5.91 Å². The van der Waals surface area contributed by atoms with E-state index in [0.717, 1.165) is 0 Å². The van der Waals surface area contributed by atoms with Gasteiger partial charge < -0.3 is 15.7 Å². The molecule has 0 aliphatic heterocycles. The summed E-state index contributed by atoms with van der Waals surface area (Å²) >= 11 is 1.20. The number of carbonyl (C=O) groups is 2. The molecular formula is C10H14N2O3S. The maximum Gasteiger partial charge on any atom is 0.261 e. The lowest BCUT2D eigenvalue weighted by Gasteiger charge is -2.04. The normalized spacial score (nSPS) is 11.9. The minimum absolute atomic E-state index is 0.169. The van der Waals surface area contributed by atoms with Crippen LogP contribution in [-0.2, 0) is 4.79 Å². The van der Waals surface area contributed by atoms with Crippen LogP contribution < -0.4 is 10.6 Å². The van der Waals surface area contributed by atoms with Gasteiger partial charge in [0.1, 0.15) is 0 Å². The highest BCUT2D eigenvalue weighted by Gasteiger charge is 2.09. The van der Waals surface area contributed by atoms with E-state index in [1.54, 1.807) is 19.1 Å². The van der Waals surface area contributed by atoms with Crippen LogP contribution in [0.1, 0.15) is 23.5 Å². The zero-order chi connectivity index (χ0) is 12.1. The number of nitrogens with one attached hydrogen (secondary N) is 2. The van der Waals surface area contributed by atoms with Crippen molar-refractivity contribution >= 4 is 28.2 Å². The smallest absolute Gasteiger partial charge is 0.261 e. The Hall–Kier alpha value is -1.40. The van der Waals surface area contributed by atoms with E-state index < -0.39 is 6.10 Å². The Morgan fingerprint density at radius 3 is 2.75 bits per heavy atom. The fraction of sp³-hybridized carbons (Fsp3) is 0.400. The number of rotatable bonds is 4. The molecule has 0 aliphatic carbocycles. The summed E-state index contributed by atoms with van der Waals surface area (Å²) < 4.78 is 0. The summed E-state index contributed by atoms with van der Waals surface area (Å²) in [6.45, 7) is 3.22. The first-order chi connectivity index (χ1) is 7.49. The van der Waals surface area contributed by atoms with Gasteiger partial charge in [0.25, 0.3) is 5.91 Å². The van der Waals surface area contributed by atoms with Gasteiger partial charge in [0.15, 0.2) is 0 Å². The largest absolute Gasteiger partial charge is 0.392 e. The number of carbonyl (C=O) groups excluding carboxylic acids is 2. The monoisotopic (exact) mass is 242 g/mol. The third kappa shape index (κ3) is 4.00. The summed E-state index contributed by atoms with van der Waals surface area (Å²) in [5, 5.41) is 14.8. The first-order valence-corrected chi connectivity index (χ1v) is 5.64. The average molecular weight is 242 g/mol. The van der Waals surface area contributed by atoms with Gasteiger partial charge in [-0.2, -0.15) is 0 Å². The molecule has 16 heavy (non-hydrogen) atoms. The van der Waals surface area contributed by atoms with Crippen LogP contribution in [0.3, 0.4) is 0 Å². The molecular weight excluding hydrogens is 228 g/mol. The molecule has 1 rings (SSSR count). The summed E-state index contributed by atoms with van der Waals surface area (Å²) in [4.78, 5) is 22.8. The van der Waals surface area contributed by atoms with Crippen LogP contribution in [-0.4, -0.2) is 29.6 Å². The van der Waals surface area contributed by atoms with Gasteiger partial charge in [0.05, 0.1) is 16.0 Å². The molecule has 2 amide bonds.